The fourth-order valence-corrected chi connectivity index (χ4v) is 4.53. The molecule has 37 heavy (non-hydrogen) atoms. The van der Waals surface area contributed by atoms with Crippen molar-refractivity contribution in [3.8, 4) is 5.69 Å². The fraction of sp³-hybridized carbons (Fsp3) is 0.133. The van der Waals surface area contributed by atoms with E-state index >= 15 is 0 Å². The van der Waals surface area contributed by atoms with Gasteiger partial charge in [-0.1, -0.05) is 41.9 Å². The van der Waals surface area contributed by atoms with Gasteiger partial charge in [-0.3, -0.25) is 0 Å². The maximum Gasteiger partial charge on any atom is 0.217 e. The monoisotopic (exact) mass is 512 g/mol. The number of nitrogens with zero attached hydrogens (tertiary/aromatic N) is 4. The standard InChI is InChI=1S/C19H15FN2O.C11H11ClN2/c20-16-6-8-17(9-7-16)22-13-15(14-4-2-1-3-5-14)12-18(22)19-21-10-11-23-19;1-8-7-9(2)14(13-8)11-5-3-10(12)4-6-11/h1-11,13,18H,12H2;3-7H,1-2H3. The van der Waals surface area contributed by atoms with Crippen LogP contribution in [0.2, 0.25) is 5.02 Å². The van der Waals surface area contributed by atoms with Gasteiger partial charge in [0.05, 0.1) is 17.6 Å². The zero-order valence-corrected chi connectivity index (χ0v) is 21.3. The number of oxazole rings is 1. The number of hydrogen-bond acceptors (Lipinski definition) is 4. The summed E-state index contributed by atoms with van der Waals surface area (Å²) in [5.41, 5.74) is 6.49. The highest BCUT2D eigenvalue weighted by Gasteiger charge is 2.30. The molecule has 1 atom stereocenters. The fourth-order valence-electron chi connectivity index (χ4n) is 4.41. The average Bonchev–Trinajstić information content (AvgIpc) is 3.66. The topological polar surface area (TPSA) is 47.1 Å². The summed E-state index contributed by atoms with van der Waals surface area (Å²) >= 11 is 5.81. The summed E-state index contributed by atoms with van der Waals surface area (Å²) in [5.74, 6) is 0.421. The summed E-state index contributed by atoms with van der Waals surface area (Å²) in [6.07, 6.45) is 6.12. The smallest absolute Gasteiger partial charge is 0.217 e. The van der Waals surface area contributed by atoms with Gasteiger partial charge in [0.1, 0.15) is 18.1 Å². The molecule has 186 valence electrons. The van der Waals surface area contributed by atoms with E-state index in [0.29, 0.717) is 5.89 Å². The highest BCUT2D eigenvalue weighted by Crippen LogP contribution is 2.41. The SMILES string of the molecule is Cc1cc(C)n(-c2ccc(Cl)cc2)n1.Fc1ccc(N2C=C(c3ccccc3)CC2c2ncco2)cc1. The quantitative estimate of drug-likeness (QED) is 0.245. The van der Waals surface area contributed by atoms with Gasteiger partial charge in [-0.25, -0.2) is 14.1 Å². The molecule has 0 aliphatic carbocycles. The molecule has 2 aromatic heterocycles. The second kappa shape index (κ2) is 10.8. The van der Waals surface area contributed by atoms with E-state index < -0.39 is 0 Å². The Morgan fingerprint density at radius 2 is 1.62 bits per heavy atom. The van der Waals surface area contributed by atoms with Crippen LogP contribution in [-0.2, 0) is 0 Å². The minimum absolute atomic E-state index is 0.0225. The molecule has 5 nitrogen and oxygen atoms in total. The molecule has 0 saturated heterocycles. The van der Waals surface area contributed by atoms with E-state index in [9.17, 15) is 4.39 Å². The maximum atomic E-state index is 13.2. The second-order valence-electron chi connectivity index (χ2n) is 8.81. The van der Waals surface area contributed by atoms with Crippen molar-refractivity contribution in [3.63, 3.8) is 0 Å². The molecule has 1 aliphatic heterocycles. The van der Waals surface area contributed by atoms with Gasteiger partial charge in [-0.15, -0.1) is 0 Å². The first-order valence-corrected chi connectivity index (χ1v) is 12.3. The van der Waals surface area contributed by atoms with Gasteiger partial charge in [0.2, 0.25) is 5.89 Å². The number of benzene rings is 3. The number of aromatic nitrogens is 3. The van der Waals surface area contributed by atoms with Crippen molar-refractivity contribution in [3.05, 3.63) is 137 Å². The molecule has 3 heterocycles. The lowest BCUT2D eigenvalue weighted by Gasteiger charge is -2.23. The molecule has 0 fully saturated rings. The number of hydrogen-bond donors (Lipinski definition) is 0. The molecule has 5 aromatic rings. The number of rotatable bonds is 4. The van der Waals surface area contributed by atoms with E-state index in [2.05, 4.69) is 39.4 Å². The van der Waals surface area contributed by atoms with Gasteiger partial charge >= 0.3 is 0 Å². The van der Waals surface area contributed by atoms with Crippen molar-refractivity contribution in [2.75, 3.05) is 4.90 Å². The van der Waals surface area contributed by atoms with E-state index in [4.69, 9.17) is 16.0 Å². The van der Waals surface area contributed by atoms with Gasteiger partial charge in [0.25, 0.3) is 0 Å². The van der Waals surface area contributed by atoms with Crippen LogP contribution in [0.1, 0.15) is 35.3 Å². The number of aryl methyl sites for hydroxylation is 2. The Balaban J connectivity index is 0.000000171. The molecule has 7 heteroatoms. The first kappa shape index (κ1) is 24.5. The van der Waals surface area contributed by atoms with Crippen molar-refractivity contribution in [2.24, 2.45) is 0 Å². The molecular weight excluding hydrogens is 487 g/mol. The summed E-state index contributed by atoms with van der Waals surface area (Å²) in [4.78, 5) is 6.39. The van der Waals surface area contributed by atoms with Gasteiger partial charge in [0.15, 0.2) is 0 Å². The Kier molecular flexibility index (Phi) is 7.19. The third-order valence-electron chi connectivity index (χ3n) is 6.13. The van der Waals surface area contributed by atoms with Crippen molar-refractivity contribution < 1.29 is 8.81 Å². The van der Waals surface area contributed by atoms with Crippen LogP contribution < -0.4 is 4.90 Å². The Hall–Kier alpha value is -4.16. The largest absolute Gasteiger partial charge is 0.447 e. The van der Waals surface area contributed by atoms with Gasteiger partial charge in [-0.2, -0.15) is 5.10 Å². The van der Waals surface area contributed by atoms with Gasteiger partial charge in [-0.05, 0) is 79.6 Å². The van der Waals surface area contributed by atoms with E-state index in [1.807, 2.05) is 61.0 Å². The van der Waals surface area contributed by atoms with Gasteiger partial charge in [0, 0.05) is 29.0 Å². The Morgan fingerprint density at radius 3 is 2.24 bits per heavy atom. The van der Waals surface area contributed by atoms with E-state index in [-0.39, 0.29) is 11.9 Å². The van der Waals surface area contributed by atoms with Crippen LogP contribution in [-0.4, -0.2) is 14.8 Å². The van der Waals surface area contributed by atoms with Crippen LogP contribution >= 0.6 is 11.6 Å². The molecule has 0 radical (unpaired) electrons. The third kappa shape index (κ3) is 5.65. The Bertz CT molecular complexity index is 1480. The van der Waals surface area contributed by atoms with Crippen LogP contribution in [0.15, 0.2) is 108 Å². The Labute approximate surface area is 220 Å². The molecule has 1 unspecified atom stereocenters. The van der Waals surface area contributed by atoms with Crippen LogP contribution in [0.5, 0.6) is 0 Å². The van der Waals surface area contributed by atoms with Gasteiger partial charge < -0.3 is 9.32 Å². The predicted molar refractivity (Wildman–Crippen MR) is 145 cm³/mol. The lowest BCUT2D eigenvalue weighted by Crippen LogP contribution is -2.18. The van der Waals surface area contributed by atoms with Crippen molar-refractivity contribution >= 4 is 22.9 Å². The predicted octanol–water partition coefficient (Wildman–Crippen LogP) is 7.95. The molecule has 0 saturated carbocycles. The van der Waals surface area contributed by atoms with Crippen LogP contribution in [0.4, 0.5) is 10.1 Å². The second-order valence-corrected chi connectivity index (χ2v) is 9.25. The van der Waals surface area contributed by atoms with Crippen molar-refractivity contribution in [2.45, 2.75) is 26.3 Å². The summed E-state index contributed by atoms with van der Waals surface area (Å²) in [6.45, 7) is 4.02. The molecule has 0 N–H and O–H groups in total. The van der Waals surface area contributed by atoms with Crippen LogP contribution in [0.25, 0.3) is 11.3 Å². The molecular formula is C30H26ClFN4O. The Morgan fingerprint density at radius 1 is 0.919 bits per heavy atom. The van der Waals surface area contributed by atoms with Crippen molar-refractivity contribution in [1.29, 1.82) is 0 Å². The number of anilines is 1. The summed E-state index contributed by atoms with van der Waals surface area (Å²) in [7, 11) is 0. The number of halogens is 2. The zero-order chi connectivity index (χ0) is 25.8. The summed E-state index contributed by atoms with van der Waals surface area (Å²) in [6, 6.07) is 26.4. The third-order valence-corrected chi connectivity index (χ3v) is 6.38. The highest BCUT2D eigenvalue weighted by atomic mass is 35.5. The maximum absolute atomic E-state index is 13.2. The normalized spacial score (nSPS) is 14.8. The first-order chi connectivity index (χ1) is 18.0. The summed E-state index contributed by atoms with van der Waals surface area (Å²) in [5, 5.41) is 5.13. The van der Waals surface area contributed by atoms with E-state index in [1.54, 1.807) is 24.6 Å². The van der Waals surface area contributed by atoms with Crippen LogP contribution in [0.3, 0.4) is 0 Å². The molecule has 6 rings (SSSR count). The van der Waals surface area contributed by atoms with Crippen LogP contribution in [0, 0.1) is 19.7 Å². The molecule has 3 aromatic carbocycles. The lowest BCUT2D eigenvalue weighted by atomic mass is 10.0. The minimum atomic E-state index is -0.243. The molecule has 0 amide bonds. The first-order valence-electron chi connectivity index (χ1n) is 12.0. The lowest BCUT2D eigenvalue weighted by molar-refractivity contribution is 0.454. The molecule has 0 spiro atoms. The molecule has 0 bridgehead atoms. The highest BCUT2D eigenvalue weighted by molar-refractivity contribution is 6.30. The van der Waals surface area contributed by atoms with Crippen molar-refractivity contribution in [1.82, 2.24) is 14.8 Å². The van der Waals surface area contributed by atoms with E-state index in [1.165, 1.54) is 23.3 Å². The zero-order valence-electron chi connectivity index (χ0n) is 20.6. The summed E-state index contributed by atoms with van der Waals surface area (Å²) < 4.78 is 20.6. The van der Waals surface area contributed by atoms with E-state index in [0.717, 1.165) is 34.2 Å². The molecule has 1 aliphatic rings. The minimum Gasteiger partial charge on any atom is -0.447 e. The average molecular weight is 513 g/mol.